The van der Waals surface area contributed by atoms with Crippen molar-refractivity contribution in [3.63, 3.8) is 0 Å². The molecule has 7 nitrogen and oxygen atoms in total. The Morgan fingerprint density at radius 3 is 2.85 bits per heavy atom. The highest BCUT2D eigenvalue weighted by atomic mass is 16.6. The number of non-ortho nitro benzene ring substituents is 1. The highest BCUT2D eigenvalue weighted by Crippen LogP contribution is 2.27. The molecule has 0 spiro atoms. The number of fused-ring (bicyclic) bond motifs is 1. The van der Waals surface area contributed by atoms with Crippen molar-refractivity contribution in [3.05, 3.63) is 69.4 Å². The first-order valence-electron chi connectivity index (χ1n) is 8.07. The molecule has 26 heavy (non-hydrogen) atoms. The largest absolute Gasteiger partial charge is 0.462 e. The number of carbonyl (C=O) groups excluding carboxylic acids is 1. The number of rotatable bonds is 5. The zero-order valence-corrected chi connectivity index (χ0v) is 14.4. The Hall–Kier alpha value is -3.48. The van der Waals surface area contributed by atoms with Crippen LogP contribution in [0.15, 0.2) is 47.5 Å². The van der Waals surface area contributed by atoms with Gasteiger partial charge in [-0.1, -0.05) is 12.1 Å². The number of nitrogens with one attached hydrogen (secondary N) is 1. The standard InChI is InChI=1S/C19H17N3O4/c1-3-26-19(23)18-12(2)21-17-10-14(7-8-16(17)18)20-11-13-5-4-6-15(9-13)22(24)25/h4-11,21H,3H2,1-2H3. The minimum absolute atomic E-state index is 0.0171. The molecule has 0 aliphatic carbocycles. The van der Waals surface area contributed by atoms with Crippen molar-refractivity contribution in [2.75, 3.05) is 6.61 Å². The molecule has 2 aromatic carbocycles. The zero-order valence-electron chi connectivity index (χ0n) is 14.4. The molecule has 0 aliphatic heterocycles. The molecule has 3 aromatic rings. The van der Waals surface area contributed by atoms with Gasteiger partial charge in [-0.25, -0.2) is 4.79 Å². The average molecular weight is 351 g/mol. The number of hydrogen-bond acceptors (Lipinski definition) is 5. The predicted molar refractivity (Wildman–Crippen MR) is 99.3 cm³/mol. The monoisotopic (exact) mass is 351 g/mol. The maximum atomic E-state index is 12.1. The first-order chi connectivity index (χ1) is 12.5. The molecule has 1 N–H and O–H groups in total. The second-order valence-corrected chi connectivity index (χ2v) is 5.69. The maximum Gasteiger partial charge on any atom is 0.340 e. The van der Waals surface area contributed by atoms with Crippen LogP contribution in [0.4, 0.5) is 11.4 Å². The molecule has 0 atom stereocenters. The molecular weight excluding hydrogens is 334 g/mol. The second-order valence-electron chi connectivity index (χ2n) is 5.69. The van der Waals surface area contributed by atoms with Gasteiger partial charge in [-0.2, -0.15) is 0 Å². The molecule has 0 bridgehead atoms. The molecule has 0 fully saturated rings. The molecule has 0 saturated heterocycles. The van der Waals surface area contributed by atoms with E-state index in [1.165, 1.54) is 12.1 Å². The molecule has 0 unspecified atom stereocenters. The Morgan fingerprint density at radius 2 is 2.12 bits per heavy atom. The third kappa shape index (κ3) is 3.46. The van der Waals surface area contributed by atoms with Gasteiger partial charge in [0.05, 0.1) is 22.8 Å². The number of ether oxygens (including phenoxy) is 1. The number of aliphatic imine (C=N–C) groups is 1. The Balaban J connectivity index is 1.91. The maximum absolute atomic E-state index is 12.1. The van der Waals surface area contributed by atoms with E-state index < -0.39 is 4.92 Å². The molecule has 0 saturated carbocycles. The lowest BCUT2D eigenvalue weighted by atomic mass is 10.1. The lowest BCUT2D eigenvalue weighted by molar-refractivity contribution is -0.384. The minimum Gasteiger partial charge on any atom is -0.462 e. The summed E-state index contributed by atoms with van der Waals surface area (Å²) >= 11 is 0. The van der Waals surface area contributed by atoms with Gasteiger partial charge in [0.1, 0.15) is 0 Å². The van der Waals surface area contributed by atoms with Gasteiger partial charge in [0.2, 0.25) is 0 Å². The van der Waals surface area contributed by atoms with Gasteiger partial charge in [0.15, 0.2) is 0 Å². The SMILES string of the molecule is CCOC(=O)c1c(C)[nH]c2cc(N=Cc3cccc([N+](=O)[O-])c3)ccc12. The zero-order chi connectivity index (χ0) is 18.7. The van der Waals surface area contributed by atoms with E-state index in [9.17, 15) is 14.9 Å². The second kappa shape index (κ2) is 7.18. The number of aromatic nitrogens is 1. The predicted octanol–water partition coefficient (Wildman–Crippen LogP) is 4.31. The summed E-state index contributed by atoms with van der Waals surface area (Å²) in [5, 5.41) is 11.6. The molecule has 1 aromatic heterocycles. The first kappa shape index (κ1) is 17.3. The van der Waals surface area contributed by atoms with Crippen LogP contribution in [0.2, 0.25) is 0 Å². The normalized spacial score (nSPS) is 11.2. The lowest BCUT2D eigenvalue weighted by Gasteiger charge is -2.01. The topological polar surface area (TPSA) is 97.6 Å². The molecule has 0 aliphatic rings. The van der Waals surface area contributed by atoms with Crippen molar-refractivity contribution in [2.24, 2.45) is 4.99 Å². The summed E-state index contributed by atoms with van der Waals surface area (Å²) in [4.78, 5) is 30.0. The Kier molecular flexibility index (Phi) is 4.79. The van der Waals surface area contributed by atoms with Gasteiger partial charge < -0.3 is 9.72 Å². The summed E-state index contributed by atoms with van der Waals surface area (Å²) in [6.45, 7) is 3.90. The van der Waals surface area contributed by atoms with Crippen molar-refractivity contribution in [3.8, 4) is 0 Å². The van der Waals surface area contributed by atoms with E-state index in [-0.39, 0.29) is 11.7 Å². The highest BCUT2D eigenvalue weighted by molar-refractivity contribution is 6.06. The fourth-order valence-electron chi connectivity index (χ4n) is 2.73. The molecule has 1 heterocycles. The number of carbonyl (C=O) groups is 1. The van der Waals surface area contributed by atoms with Crippen LogP contribution < -0.4 is 0 Å². The number of esters is 1. The summed E-state index contributed by atoms with van der Waals surface area (Å²) in [6.07, 6.45) is 1.57. The quantitative estimate of drug-likeness (QED) is 0.320. The van der Waals surface area contributed by atoms with Gasteiger partial charge >= 0.3 is 5.97 Å². The molecule has 0 amide bonds. The van der Waals surface area contributed by atoms with E-state index in [0.29, 0.717) is 23.4 Å². The van der Waals surface area contributed by atoms with Crippen LogP contribution in [0.25, 0.3) is 10.9 Å². The Labute approximate surface area is 149 Å². The van der Waals surface area contributed by atoms with Crippen LogP contribution >= 0.6 is 0 Å². The van der Waals surface area contributed by atoms with Gasteiger partial charge in [0, 0.05) is 34.9 Å². The summed E-state index contributed by atoms with van der Waals surface area (Å²) in [5.74, 6) is -0.357. The number of nitro groups is 1. The highest BCUT2D eigenvalue weighted by Gasteiger charge is 2.17. The van der Waals surface area contributed by atoms with Gasteiger partial charge in [-0.3, -0.25) is 15.1 Å². The third-order valence-corrected chi connectivity index (χ3v) is 3.89. The Bertz CT molecular complexity index is 1020. The van der Waals surface area contributed by atoms with Gasteiger partial charge in [0.25, 0.3) is 5.69 Å². The van der Waals surface area contributed by atoms with Crippen LogP contribution in [0.3, 0.4) is 0 Å². The van der Waals surface area contributed by atoms with E-state index in [1.54, 1.807) is 31.3 Å². The number of nitrogens with zero attached hydrogens (tertiary/aromatic N) is 2. The number of nitro benzene ring substituents is 1. The number of aryl methyl sites for hydroxylation is 1. The summed E-state index contributed by atoms with van der Waals surface area (Å²) < 4.78 is 5.10. The van der Waals surface area contributed by atoms with Crippen LogP contribution in [-0.2, 0) is 4.74 Å². The summed E-state index contributed by atoms with van der Waals surface area (Å²) in [5.41, 5.74) is 3.35. The van der Waals surface area contributed by atoms with E-state index in [1.807, 2.05) is 19.1 Å². The van der Waals surface area contributed by atoms with E-state index in [0.717, 1.165) is 16.6 Å². The van der Waals surface area contributed by atoms with Gasteiger partial charge in [-0.15, -0.1) is 0 Å². The molecule has 0 radical (unpaired) electrons. The van der Waals surface area contributed by atoms with Crippen molar-refractivity contribution in [1.29, 1.82) is 0 Å². The third-order valence-electron chi connectivity index (χ3n) is 3.89. The summed E-state index contributed by atoms with van der Waals surface area (Å²) in [7, 11) is 0. The Morgan fingerprint density at radius 1 is 1.31 bits per heavy atom. The van der Waals surface area contributed by atoms with E-state index in [4.69, 9.17) is 4.74 Å². The molecule has 3 rings (SSSR count). The first-order valence-corrected chi connectivity index (χ1v) is 8.07. The van der Waals surface area contributed by atoms with Crippen molar-refractivity contribution >= 4 is 34.5 Å². The fourth-order valence-corrected chi connectivity index (χ4v) is 2.73. The van der Waals surface area contributed by atoms with Crippen LogP contribution in [0.5, 0.6) is 0 Å². The number of benzene rings is 2. The van der Waals surface area contributed by atoms with Crippen LogP contribution in [-0.4, -0.2) is 28.7 Å². The lowest BCUT2D eigenvalue weighted by Crippen LogP contribution is -2.05. The van der Waals surface area contributed by atoms with Crippen LogP contribution in [0.1, 0.15) is 28.5 Å². The van der Waals surface area contributed by atoms with Crippen molar-refractivity contribution in [1.82, 2.24) is 4.98 Å². The van der Waals surface area contributed by atoms with Gasteiger partial charge in [-0.05, 0) is 37.6 Å². The fraction of sp³-hybridized carbons (Fsp3) is 0.158. The van der Waals surface area contributed by atoms with Crippen LogP contribution in [0, 0.1) is 17.0 Å². The molecular formula is C19H17N3O4. The van der Waals surface area contributed by atoms with Crippen molar-refractivity contribution in [2.45, 2.75) is 13.8 Å². The molecule has 7 heteroatoms. The minimum atomic E-state index is -0.442. The molecule has 132 valence electrons. The summed E-state index contributed by atoms with van der Waals surface area (Å²) in [6, 6.07) is 11.7. The number of H-pyrrole nitrogens is 1. The van der Waals surface area contributed by atoms with Crippen molar-refractivity contribution < 1.29 is 14.5 Å². The van der Waals surface area contributed by atoms with E-state index >= 15 is 0 Å². The average Bonchev–Trinajstić information content (AvgIpc) is 2.95. The van der Waals surface area contributed by atoms with E-state index in [2.05, 4.69) is 9.98 Å². The number of aromatic amines is 1. The number of hydrogen-bond donors (Lipinski definition) is 1. The smallest absolute Gasteiger partial charge is 0.340 e.